The van der Waals surface area contributed by atoms with Gasteiger partial charge in [-0.1, -0.05) is 11.3 Å². The van der Waals surface area contributed by atoms with E-state index in [-0.39, 0.29) is 0 Å². The molecule has 0 aromatic carbocycles. The molecule has 5 nitrogen and oxygen atoms in total. The van der Waals surface area contributed by atoms with Crippen molar-refractivity contribution in [2.24, 2.45) is 0 Å². The third-order valence-electron chi connectivity index (χ3n) is 3.04. The van der Waals surface area contributed by atoms with Crippen LogP contribution in [-0.4, -0.2) is 33.4 Å². The molecule has 17 heavy (non-hydrogen) atoms. The Morgan fingerprint density at radius 1 is 1.65 bits per heavy atom. The maximum atomic E-state index is 5.65. The van der Waals surface area contributed by atoms with Crippen LogP contribution in [0.3, 0.4) is 0 Å². The molecule has 0 spiro atoms. The molecule has 0 amide bonds. The summed E-state index contributed by atoms with van der Waals surface area (Å²) in [7, 11) is 0. The van der Waals surface area contributed by atoms with Gasteiger partial charge < -0.3 is 10.1 Å². The molecule has 6 heteroatoms. The Bertz CT molecular complexity index is 483. The van der Waals surface area contributed by atoms with Gasteiger partial charge in [-0.25, -0.2) is 9.50 Å². The van der Waals surface area contributed by atoms with Gasteiger partial charge >= 0.3 is 0 Å². The minimum Gasteiger partial charge on any atom is -0.376 e. The highest BCUT2D eigenvalue weighted by molar-refractivity contribution is 7.20. The van der Waals surface area contributed by atoms with Crippen LogP contribution in [0.15, 0.2) is 6.20 Å². The second-order valence-corrected chi connectivity index (χ2v) is 5.46. The van der Waals surface area contributed by atoms with Crippen molar-refractivity contribution in [2.75, 3.05) is 11.9 Å². The van der Waals surface area contributed by atoms with Crippen LogP contribution in [0, 0.1) is 6.92 Å². The second-order valence-electron chi connectivity index (χ2n) is 4.50. The fourth-order valence-corrected chi connectivity index (χ4v) is 3.08. The number of aromatic nitrogens is 3. The molecular formula is C11H16N4OS. The number of nitrogens with one attached hydrogen (secondary N) is 1. The highest BCUT2D eigenvalue weighted by Gasteiger charge is 2.23. The average Bonchev–Trinajstić information content (AvgIpc) is 2.91. The first-order chi connectivity index (χ1) is 8.22. The van der Waals surface area contributed by atoms with E-state index in [0.717, 1.165) is 35.2 Å². The van der Waals surface area contributed by atoms with Crippen LogP contribution < -0.4 is 5.32 Å². The van der Waals surface area contributed by atoms with E-state index in [2.05, 4.69) is 22.3 Å². The SMILES string of the molecule is Cc1cn2nc(NC(C)C3CCCO3)sc2n1. The zero-order chi connectivity index (χ0) is 11.8. The summed E-state index contributed by atoms with van der Waals surface area (Å²) < 4.78 is 7.48. The van der Waals surface area contributed by atoms with Crippen LogP contribution in [0.1, 0.15) is 25.5 Å². The van der Waals surface area contributed by atoms with Crippen molar-refractivity contribution in [3.05, 3.63) is 11.9 Å². The summed E-state index contributed by atoms with van der Waals surface area (Å²) in [5.41, 5.74) is 1.00. The maximum Gasteiger partial charge on any atom is 0.214 e. The van der Waals surface area contributed by atoms with Crippen LogP contribution >= 0.6 is 11.3 Å². The molecule has 2 unspecified atom stereocenters. The molecule has 1 N–H and O–H groups in total. The van der Waals surface area contributed by atoms with Crippen LogP contribution in [0.2, 0.25) is 0 Å². The van der Waals surface area contributed by atoms with Crippen LogP contribution in [0.5, 0.6) is 0 Å². The fourth-order valence-electron chi connectivity index (χ4n) is 2.15. The zero-order valence-corrected chi connectivity index (χ0v) is 10.8. The molecule has 3 rings (SSSR count). The van der Waals surface area contributed by atoms with Crippen molar-refractivity contribution in [3.63, 3.8) is 0 Å². The Morgan fingerprint density at radius 2 is 2.53 bits per heavy atom. The molecule has 1 saturated heterocycles. The molecule has 0 saturated carbocycles. The predicted octanol–water partition coefficient (Wildman–Crippen LogP) is 2.08. The minimum absolute atomic E-state index is 0.300. The summed E-state index contributed by atoms with van der Waals surface area (Å²) in [4.78, 5) is 5.32. The number of rotatable bonds is 3. The summed E-state index contributed by atoms with van der Waals surface area (Å²) in [6.45, 7) is 5.01. The Kier molecular flexibility index (Phi) is 2.76. The molecule has 0 radical (unpaired) electrons. The Morgan fingerprint density at radius 3 is 3.24 bits per heavy atom. The van der Waals surface area contributed by atoms with E-state index in [1.54, 1.807) is 11.3 Å². The standard InChI is InChI=1S/C11H16N4OS/c1-7-6-15-11(12-7)17-10(14-15)13-8(2)9-4-3-5-16-9/h6,8-9H,3-5H2,1-2H3,(H,13,14). The van der Waals surface area contributed by atoms with Gasteiger partial charge in [-0.2, -0.15) is 0 Å². The highest BCUT2D eigenvalue weighted by atomic mass is 32.1. The number of imidazole rings is 1. The molecule has 2 atom stereocenters. The third kappa shape index (κ3) is 2.14. The Hall–Kier alpha value is -1.14. The van der Waals surface area contributed by atoms with E-state index >= 15 is 0 Å². The summed E-state index contributed by atoms with van der Waals surface area (Å²) in [5.74, 6) is 0. The molecule has 92 valence electrons. The molecule has 1 fully saturated rings. The molecule has 2 aromatic rings. The van der Waals surface area contributed by atoms with E-state index in [9.17, 15) is 0 Å². The number of hydrogen-bond acceptors (Lipinski definition) is 5. The summed E-state index contributed by atoms with van der Waals surface area (Å²) >= 11 is 1.58. The number of nitrogens with zero attached hydrogens (tertiary/aromatic N) is 3. The van der Waals surface area contributed by atoms with E-state index in [4.69, 9.17) is 4.74 Å². The van der Waals surface area contributed by atoms with Gasteiger partial charge in [0, 0.05) is 6.61 Å². The molecule has 1 aliphatic rings. The van der Waals surface area contributed by atoms with Gasteiger partial charge in [0.1, 0.15) is 0 Å². The maximum absolute atomic E-state index is 5.65. The zero-order valence-electron chi connectivity index (χ0n) is 10.0. The number of ether oxygens (including phenoxy) is 1. The van der Waals surface area contributed by atoms with Gasteiger partial charge in [0.25, 0.3) is 0 Å². The lowest BCUT2D eigenvalue weighted by Gasteiger charge is -2.18. The molecule has 0 aliphatic carbocycles. The van der Waals surface area contributed by atoms with Gasteiger partial charge in [0.2, 0.25) is 10.1 Å². The van der Waals surface area contributed by atoms with Crippen molar-refractivity contribution in [3.8, 4) is 0 Å². The predicted molar refractivity (Wildman–Crippen MR) is 67.7 cm³/mol. The molecular weight excluding hydrogens is 236 g/mol. The monoisotopic (exact) mass is 252 g/mol. The quantitative estimate of drug-likeness (QED) is 0.908. The number of fused-ring (bicyclic) bond motifs is 1. The molecule has 3 heterocycles. The van der Waals surface area contributed by atoms with Crippen molar-refractivity contribution in [1.82, 2.24) is 14.6 Å². The fraction of sp³-hybridized carbons (Fsp3) is 0.636. The highest BCUT2D eigenvalue weighted by Crippen LogP contribution is 2.23. The summed E-state index contributed by atoms with van der Waals surface area (Å²) in [6.07, 6.45) is 4.55. The topological polar surface area (TPSA) is 51.5 Å². The van der Waals surface area contributed by atoms with Gasteiger partial charge in [-0.15, -0.1) is 5.10 Å². The first-order valence-corrected chi connectivity index (χ1v) is 6.75. The number of hydrogen-bond donors (Lipinski definition) is 1. The van der Waals surface area contributed by atoms with Gasteiger partial charge in [0.05, 0.1) is 24.0 Å². The first-order valence-electron chi connectivity index (χ1n) is 5.93. The lowest BCUT2D eigenvalue weighted by molar-refractivity contribution is 0.0996. The van der Waals surface area contributed by atoms with Crippen molar-refractivity contribution in [2.45, 2.75) is 38.8 Å². The Balaban J connectivity index is 1.73. The van der Waals surface area contributed by atoms with Crippen LogP contribution in [0.25, 0.3) is 4.96 Å². The molecule has 0 bridgehead atoms. The van der Waals surface area contributed by atoms with Gasteiger partial charge in [0.15, 0.2) is 0 Å². The smallest absolute Gasteiger partial charge is 0.214 e. The molecule has 2 aromatic heterocycles. The van der Waals surface area contributed by atoms with E-state index in [0.29, 0.717) is 12.1 Å². The summed E-state index contributed by atoms with van der Waals surface area (Å²) in [5, 5.41) is 8.76. The molecule has 1 aliphatic heterocycles. The lowest BCUT2D eigenvalue weighted by Crippen LogP contribution is -2.29. The van der Waals surface area contributed by atoms with Crippen molar-refractivity contribution >= 4 is 21.4 Å². The lowest BCUT2D eigenvalue weighted by atomic mass is 10.1. The largest absolute Gasteiger partial charge is 0.376 e. The average molecular weight is 252 g/mol. The third-order valence-corrected chi connectivity index (χ3v) is 3.89. The van der Waals surface area contributed by atoms with Crippen LogP contribution in [-0.2, 0) is 4.74 Å². The first kappa shape index (κ1) is 11.0. The van der Waals surface area contributed by atoms with E-state index < -0.39 is 0 Å². The normalized spacial score (nSPS) is 22.1. The van der Waals surface area contributed by atoms with Crippen molar-refractivity contribution in [1.29, 1.82) is 0 Å². The second kappa shape index (κ2) is 4.27. The van der Waals surface area contributed by atoms with Crippen LogP contribution in [0.4, 0.5) is 5.13 Å². The Labute approximate surface area is 104 Å². The summed E-state index contributed by atoms with van der Waals surface area (Å²) in [6, 6.07) is 0.300. The van der Waals surface area contributed by atoms with Crippen molar-refractivity contribution < 1.29 is 4.74 Å². The van der Waals surface area contributed by atoms with E-state index in [1.165, 1.54) is 0 Å². The minimum atomic E-state index is 0.300. The van der Waals surface area contributed by atoms with Gasteiger partial charge in [-0.3, -0.25) is 0 Å². The number of aryl methyl sites for hydroxylation is 1. The van der Waals surface area contributed by atoms with Gasteiger partial charge in [-0.05, 0) is 26.7 Å². The number of anilines is 1. The van der Waals surface area contributed by atoms with E-state index in [1.807, 2.05) is 17.6 Å².